The molecule has 6 nitrogen and oxygen atoms in total. The summed E-state index contributed by atoms with van der Waals surface area (Å²) in [7, 11) is 0. The van der Waals surface area contributed by atoms with Gasteiger partial charge < -0.3 is 10.1 Å². The van der Waals surface area contributed by atoms with E-state index in [2.05, 4.69) is 5.32 Å². The zero-order valence-corrected chi connectivity index (χ0v) is 14.7. The summed E-state index contributed by atoms with van der Waals surface area (Å²) >= 11 is 0. The maximum atomic E-state index is 12.8. The van der Waals surface area contributed by atoms with Crippen LogP contribution in [0.1, 0.15) is 17.2 Å². The van der Waals surface area contributed by atoms with Crippen LogP contribution >= 0.6 is 0 Å². The number of nitrogens with one attached hydrogen (secondary N) is 1. The molecule has 3 aromatic rings. The molecular weight excluding hydrogens is 344 g/mol. The Morgan fingerprint density at radius 2 is 1.59 bits per heavy atom. The Kier molecular flexibility index (Phi) is 5.47. The van der Waals surface area contributed by atoms with Crippen molar-refractivity contribution >= 4 is 17.3 Å². The van der Waals surface area contributed by atoms with Crippen molar-refractivity contribution in [3.05, 3.63) is 100 Å². The highest BCUT2D eigenvalue weighted by atomic mass is 16.6. The lowest BCUT2D eigenvalue weighted by Gasteiger charge is -2.19. The number of aryl methyl sites for hydroxylation is 1. The minimum atomic E-state index is -0.894. The van der Waals surface area contributed by atoms with Crippen molar-refractivity contribution in [1.82, 2.24) is 0 Å². The second kappa shape index (κ2) is 8.14. The van der Waals surface area contributed by atoms with Gasteiger partial charge in [-0.3, -0.25) is 14.9 Å². The molecule has 1 atom stereocenters. The van der Waals surface area contributed by atoms with Crippen LogP contribution in [0.15, 0.2) is 78.9 Å². The Hall–Kier alpha value is -3.67. The molecule has 1 amide bonds. The van der Waals surface area contributed by atoms with Crippen molar-refractivity contribution in [1.29, 1.82) is 0 Å². The zero-order valence-electron chi connectivity index (χ0n) is 14.7. The van der Waals surface area contributed by atoms with Crippen molar-refractivity contribution in [3.8, 4) is 5.75 Å². The Labute approximate surface area is 156 Å². The quantitative estimate of drug-likeness (QED) is 0.511. The minimum Gasteiger partial charge on any atom is -0.476 e. The van der Waals surface area contributed by atoms with E-state index in [1.807, 2.05) is 49.4 Å². The smallest absolute Gasteiger partial charge is 0.270 e. The van der Waals surface area contributed by atoms with Gasteiger partial charge in [-0.2, -0.15) is 0 Å². The summed E-state index contributed by atoms with van der Waals surface area (Å²) in [5.74, 6) is 0.0388. The summed E-state index contributed by atoms with van der Waals surface area (Å²) < 4.78 is 5.86. The third kappa shape index (κ3) is 4.70. The fraction of sp³-hybridized carbons (Fsp3) is 0.0952. The van der Waals surface area contributed by atoms with Gasteiger partial charge in [-0.25, -0.2) is 0 Å². The van der Waals surface area contributed by atoms with Crippen LogP contribution in [0, 0.1) is 17.0 Å². The average molecular weight is 362 g/mol. The maximum absolute atomic E-state index is 12.8. The van der Waals surface area contributed by atoms with Crippen LogP contribution in [0.25, 0.3) is 0 Å². The SMILES string of the molecule is Cc1ccc(NC(=O)[C@H](Oc2ccc([N+](=O)[O-])cc2)c2ccccc2)cc1. The van der Waals surface area contributed by atoms with Gasteiger partial charge in [0.1, 0.15) is 5.75 Å². The zero-order chi connectivity index (χ0) is 19.2. The molecule has 0 aromatic heterocycles. The number of anilines is 1. The molecule has 27 heavy (non-hydrogen) atoms. The van der Waals surface area contributed by atoms with E-state index in [1.54, 1.807) is 12.1 Å². The molecule has 0 fully saturated rings. The fourth-order valence-corrected chi connectivity index (χ4v) is 2.53. The number of hydrogen-bond donors (Lipinski definition) is 1. The highest BCUT2D eigenvalue weighted by Gasteiger charge is 2.23. The first kappa shape index (κ1) is 18.1. The molecule has 0 unspecified atom stereocenters. The van der Waals surface area contributed by atoms with Gasteiger partial charge in [-0.15, -0.1) is 0 Å². The number of nitro benzene ring substituents is 1. The standard InChI is InChI=1S/C21H18N2O4/c1-15-7-9-17(10-8-15)22-21(24)20(16-5-3-2-4-6-16)27-19-13-11-18(12-14-19)23(25)26/h2-14,20H,1H3,(H,22,24)/t20-/m1/s1. The van der Waals surface area contributed by atoms with Crippen LogP contribution in [0.5, 0.6) is 5.75 Å². The van der Waals surface area contributed by atoms with Crippen LogP contribution in [0.4, 0.5) is 11.4 Å². The minimum absolute atomic E-state index is 0.0391. The van der Waals surface area contributed by atoms with Crippen molar-refractivity contribution in [3.63, 3.8) is 0 Å². The van der Waals surface area contributed by atoms with Gasteiger partial charge in [-0.05, 0) is 31.2 Å². The molecule has 0 saturated heterocycles. The molecule has 1 N–H and O–H groups in total. The predicted molar refractivity (Wildman–Crippen MR) is 103 cm³/mol. The second-order valence-electron chi connectivity index (χ2n) is 6.01. The Balaban J connectivity index is 1.83. The van der Waals surface area contributed by atoms with Gasteiger partial charge in [0.25, 0.3) is 11.6 Å². The summed E-state index contributed by atoms with van der Waals surface area (Å²) in [6, 6.07) is 22.2. The monoisotopic (exact) mass is 362 g/mol. The number of carbonyl (C=O) groups is 1. The van der Waals surface area contributed by atoms with Gasteiger partial charge in [-0.1, -0.05) is 48.0 Å². The molecule has 0 aliphatic rings. The molecule has 136 valence electrons. The van der Waals surface area contributed by atoms with E-state index >= 15 is 0 Å². The van der Waals surface area contributed by atoms with Crippen molar-refractivity contribution in [2.45, 2.75) is 13.0 Å². The number of non-ortho nitro benzene ring substituents is 1. The van der Waals surface area contributed by atoms with E-state index in [9.17, 15) is 14.9 Å². The number of carbonyl (C=O) groups excluding carboxylic acids is 1. The molecule has 0 spiro atoms. The predicted octanol–water partition coefficient (Wildman–Crippen LogP) is 4.66. The number of nitrogens with zero attached hydrogens (tertiary/aromatic N) is 1. The number of benzene rings is 3. The second-order valence-corrected chi connectivity index (χ2v) is 6.01. The van der Waals surface area contributed by atoms with Crippen LogP contribution in [0.3, 0.4) is 0 Å². The summed E-state index contributed by atoms with van der Waals surface area (Å²) in [6.45, 7) is 1.97. The first-order valence-electron chi connectivity index (χ1n) is 8.36. The summed E-state index contributed by atoms with van der Waals surface area (Å²) in [5, 5.41) is 13.6. The molecule has 0 bridgehead atoms. The Bertz CT molecular complexity index is 923. The summed E-state index contributed by atoms with van der Waals surface area (Å²) in [4.78, 5) is 23.1. The summed E-state index contributed by atoms with van der Waals surface area (Å²) in [6.07, 6.45) is -0.894. The van der Waals surface area contributed by atoms with Crippen LogP contribution in [0.2, 0.25) is 0 Å². The maximum Gasteiger partial charge on any atom is 0.270 e. The van der Waals surface area contributed by atoms with E-state index in [4.69, 9.17) is 4.74 Å². The highest BCUT2D eigenvalue weighted by molar-refractivity contribution is 5.95. The van der Waals surface area contributed by atoms with Crippen LogP contribution in [-0.4, -0.2) is 10.8 Å². The molecule has 3 rings (SSSR count). The Morgan fingerprint density at radius 1 is 0.963 bits per heavy atom. The van der Waals surface area contributed by atoms with Gasteiger partial charge in [0.15, 0.2) is 0 Å². The molecule has 3 aromatic carbocycles. The number of amides is 1. The Morgan fingerprint density at radius 3 is 2.19 bits per heavy atom. The van der Waals surface area contributed by atoms with E-state index in [0.717, 1.165) is 5.56 Å². The number of nitro groups is 1. The molecular formula is C21H18N2O4. The normalized spacial score (nSPS) is 11.4. The van der Waals surface area contributed by atoms with Gasteiger partial charge >= 0.3 is 0 Å². The van der Waals surface area contributed by atoms with Crippen molar-refractivity contribution < 1.29 is 14.5 Å². The number of rotatable bonds is 6. The van der Waals surface area contributed by atoms with Gasteiger partial charge in [0.2, 0.25) is 6.10 Å². The molecule has 0 radical (unpaired) electrons. The lowest BCUT2D eigenvalue weighted by atomic mass is 10.1. The van der Waals surface area contributed by atoms with Gasteiger partial charge in [0, 0.05) is 23.4 Å². The van der Waals surface area contributed by atoms with Crippen LogP contribution < -0.4 is 10.1 Å². The topological polar surface area (TPSA) is 81.5 Å². The van der Waals surface area contributed by atoms with Crippen molar-refractivity contribution in [2.75, 3.05) is 5.32 Å². The number of hydrogen-bond acceptors (Lipinski definition) is 4. The van der Waals surface area contributed by atoms with E-state index < -0.39 is 11.0 Å². The molecule has 0 aliphatic carbocycles. The molecule has 6 heteroatoms. The molecule has 0 saturated carbocycles. The lowest BCUT2D eigenvalue weighted by molar-refractivity contribution is -0.384. The molecule has 0 heterocycles. The average Bonchev–Trinajstić information content (AvgIpc) is 2.69. The van der Waals surface area contributed by atoms with Gasteiger partial charge in [0.05, 0.1) is 4.92 Å². The van der Waals surface area contributed by atoms with E-state index in [-0.39, 0.29) is 11.6 Å². The first-order valence-corrected chi connectivity index (χ1v) is 8.36. The first-order chi connectivity index (χ1) is 13.0. The van der Waals surface area contributed by atoms with Crippen LogP contribution in [-0.2, 0) is 4.79 Å². The molecule has 0 aliphatic heterocycles. The summed E-state index contributed by atoms with van der Waals surface area (Å²) in [5.41, 5.74) is 2.40. The largest absolute Gasteiger partial charge is 0.476 e. The van der Waals surface area contributed by atoms with E-state index in [0.29, 0.717) is 17.0 Å². The third-order valence-corrected chi connectivity index (χ3v) is 3.96. The van der Waals surface area contributed by atoms with Crippen molar-refractivity contribution in [2.24, 2.45) is 0 Å². The van der Waals surface area contributed by atoms with E-state index in [1.165, 1.54) is 24.3 Å². The fourth-order valence-electron chi connectivity index (χ4n) is 2.53. The third-order valence-electron chi connectivity index (χ3n) is 3.96. The lowest BCUT2D eigenvalue weighted by Crippen LogP contribution is -2.25. The highest BCUT2D eigenvalue weighted by Crippen LogP contribution is 2.25. The number of ether oxygens (including phenoxy) is 1.